The summed E-state index contributed by atoms with van der Waals surface area (Å²) in [6, 6.07) is 8.78. The number of rotatable bonds is 15. The minimum Gasteiger partial charge on any atom is -0.385 e. The average Bonchev–Trinajstić information content (AvgIpc) is 4.03. The van der Waals surface area contributed by atoms with E-state index in [2.05, 4.69) is 37.1 Å². The minimum atomic E-state index is -2.73. The van der Waals surface area contributed by atoms with E-state index in [9.17, 15) is 28.8 Å². The molecule has 15 nitrogen and oxygen atoms in total. The number of aromatic nitrogens is 3. The number of benzene rings is 2. The quantitative estimate of drug-likeness (QED) is 0.0577. The summed E-state index contributed by atoms with van der Waals surface area (Å²) >= 11 is 0. The molecule has 2 aliphatic carbocycles. The molecule has 67 heavy (non-hydrogen) atoms. The van der Waals surface area contributed by atoms with Crippen molar-refractivity contribution in [2.45, 2.75) is 109 Å². The number of nitrogens with one attached hydrogen (secondary N) is 4. The van der Waals surface area contributed by atoms with Crippen molar-refractivity contribution in [3.8, 4) is 11.1 Å². The van der Waals surface area contributed by atoms with E-state index in [0.717, 1.165) is 86.5 Å². The van der Waals surface area contributed by atoms with Crippen molar-refractivity contribution < 1.29 is 42.3 Å². The summed E-state index contributed by atoms with van der Waals surface area (Å²) in [5.41, 5.74) is 7.62. The number of imide groups is 1. The lowest BCUT2D eigenvalue weighted by Gasteiger charge is -2.32. The van der Waals surface area contributed by atoms with Gasteiger partial charge in [0, 0.05) is 117 Å². The van der Waals surface area contributed by atoms with Crippen LogP contribution in [0, 0.1) is 11.8 Å². The predicted octanol–water partition coefficient (Wildman–Crippen LogP) is 6.64. The van der Waals surface area contributed by atoms with Gasteiger partial charge in [-0.25, -0.2) is 13.6 Å². The number of halogens is 2. The molecule has 3 aliphatic heterocycles. The maximum absolute atomic E-state index is 15.0. The number of carbonyl (C=O) groups is 6. The van der Waals surface area contributed by atoms with Gasteiger partial charge in [0.25, 0.3) is 6.43 Å². The van der Waals surface area contributed by atoms with Crippen LogP contribution in [0.15, 0.2) is 48.9 Å². The summed E-state index contributed by atoms with van der Waals surface area (Å²) in [6.07, 6.45) is 11.4. The second-order valence-electron chi connectivity index (χ2n) is 18.5. The summed E-state index contributed by atoms with van der Waals surface area (Å²) in [4.78, 5) is 77.8. The van der Waals surface area contributed by atoms with E-state index in [1.807, 2.05) is 11.0 Å². The van der Waals surface area contributed by atoms with Gasteiger partial charge in [0.2, 0.25) is 17.7 Å². The van der Waals surface area contributed by atoms with Gasteiger partial charge in [-0.15, -0.1) is 0 Å². The first kappa shape index (κ1) is 45.9. The third kappa shape index (κ3) is 9.52. The molecular formula is C50H58F2N8O7. The number of amides is 5. The lowest BCUT2D eigenvalue weighted by atomic mass is 9.76. The van der Waals surface area contributed by atoms with Crippen LogP contribution in [-0.4, -0.2) is 94.5 Å². The smallest absolute Gasteiger partial charge is 0.317 e. The largest absolute Gasteiger partial charge is 0.385 e. The lowest BCUT2D eigenvalue weighted by molar-refractivity contribution is -0.137. The molecule has 5 amide bonds. The first-order chi connectivity index (χ1) is 32.5. The van der Waals surface area contributed by atoms with E-state index < -0.39 is 30.1 Å². The number of unbranched alkanes of at least 4 members (excludes halogenated alkanes) is 3. The Bertz CT molecular complexity index is 2580. The fourth-order valence-electron chi connectivity index (χ4n) is 10.9. The highest BCUT2D eigenvalue weighted by Gasteiger charge is 2.47. The average molecular weight is 921 g/mol. The molecule has 9 rings (SSSR count). The number of alkyl halides is 2. The molecule has 4 aromatic rings. The standard InChI is InChI=1S/C50H58F2N8O7/c1-53-50(66)58-18-13-42-41(26-58)40(27-60(42)32-14-19-67-20-15-32)33-8-6-7-29-21-36(39(48(51)52)23-37(29)33)30-24-56-59(25-30)28-44(62)55-17-5-3-2-4-16-54-31-9-10-34-38(22-31)47(64)45(46(34)63)35-11-12-43(61)57-49(35)65/h9-10,21-25,27,32-33,35,45,48,54H,2-8,11-20,26,28H2,1H3,(H,53,66)(H,55,62)(H,57,61,65). The van der Waals surface area contributed by atoms with Crippen LogP contribution < -0.4 is 21.3 Å². The Morgan fingerprint density at radius 3 is 2.45 bits per heavy atom. The number of carbonyl (C=O) groups excluding carboxylic acids is 6. The molecule has 4 N–H and O–H groups in total. The summed E-state index contributed by atoms with van der Waals surface area (Å²) < 4.78 is 39.6. The first-order valence-corrected chi connectivity index (χ1v) is 23.8. The Labute approximate surface area is 387 Å². The van der Waals surface area contributed by atoms with Crippen LogP contribution in [0.4, 0.5) is 19.3 Å². The second-order valence-corrected chi connectivity index (χ2v) is 18.5. The van der Waals surface area contributed by atoms with Crippen molar-refractivity contribution in [2.24, 2.45) is 11.8 Å². The first-order valence-electron chi connectivity index (χ1n) is 23.8. The maximum Gasteiger partial charge on any atom is 0.317 e. The van der Waals surface area contributed by atoms with E-state index in [4.69, 9.17) is 4.74 Å². The van der Waals surface area contributed by atoms with E-state index in [1.54, 1.807) is 43.7 Å². The molecule has 5 aliphatic rings. The topological polar surface area (TPSA) is 186 Å². The Balaban J connectivity index is 0.771. The summed E-state index contributed by atoms with van der Waals surface area (Å²) in [5, 5.41) is 15.6. The normalized spacial score (nSPS) is 20.7. The highest BCUT2D eigenvalue weighted by molar-refractivity contribution is 6.28. The van der Waals surface area contributed by atoms with Gasteiger partial charge in [-0.3, -0.25) is 34.0 Å². The number of Topliss-reactive ketones (excluding diaryl/α,β-unsaturated/α-hetero) is 2. The molecule has 0 bridgehead atoms. The summed E-state index contributed by atoms with van der Waals surface area (Å²) in [7, 11) is 1.64. The Morgan fingerprint density at radius 2 is 1.67 bits per heavy atom. The van der Waals surface area contributed by atoms with Gasteiger partial charge in [0.15, 0.2) is 11.6 Å². The van der Waals surface area contributed by atoms with Gasteiger partial charge >= 0.3 is 6.03 Å². The third-order valence-corrected chi connectivity index (χ3v) is 14.4. The number of anilines is 1. The zero-order valence-corrected chi connectivity index (χ0v) is 37.8. The molecule has 5 heterocycles. The molecule has 17 heteroatoms. The van der Waals surface area contributed by atoms with Crippen molar-refractivity contribution in [2.75, 3.05) is 45.2 Å². The molecule has 2 aromatic carbocycles. The van der Waals surface area contributed by atoms with Gasteiger partial charge < -0.3 is 30.2 Å². The van der Waals surface area contributed by atoms with Crippen molar-refractivity contribution in [3.05, 3.63) is 93.6 Å². The van der Waals surface area contributed by atoms with Crippen molar-refractivity contribution >= 4 is 41.0 Å². The molecule has 3 atom stereocenters. The Kier molecular flexibility index (Phi) is 13.7. The van der Waals surface area contributed by atoms with E-state index in [-0.39, 0.29) is 54.4 Å². The Morgan fingerprint density at radius 1 is 0.881 bits per heavy atom. The van der Waals surface area contributed by atoms with Crippen molar-refractivity contribution in [1.82, 2.24) is 35.2 Å². The molecule has 2 fully saturated rings. The lowest BCUT2D eigenvalue weighted by Crippen LogP contribution is -2.46. The van der Waals surface area contributed by atoms with Gasteiger partial charge in [-0.2, -0.15) is 5.10 Å². The van der Waals surface area contributed by atoms with Gasteiger partial charge in [0.05, 0.1) is 18.0 Å². The predicted molar refractivity (Wildman–Crippen MR) is 244 cm³/mol. The van der Waals surface area contributed by atoms with E-state index in [0.29, 0.717) is 73.4 Å². The van der Waals surface area contributed by atoms with Crippen LogP contribution in [0.1, 0.15) is 137 Å². The summed E-state index contributed by atoms with van der Waals surface area (Å²) in [6.45, 7) is 3.55. The fraction of sp³-hybridized carbons (Fsp3) is 0.500. The van der Waals surface area contributed by atoms with Crippen LogP contribution in [0.25, 0.3) is 11.1 Å². The van der Waals surface area contributed by atoms with Crippen LogP contribution in [0.5, 0.6) is 0 Å². The highest BCUT2D eigenvalue weighted by Crippen LogP contribution is 2.46. The molecule has 2 saturated heterocycles. The number of fused-ring (bicyclic) bond motifs is 3. The molecule has 2 aromatic heterocycles. The molecular weight excluding hydrogens is 863 g/mol. The SMILES string of the molecule is CNC(=O)N1CCc2c(c(C3CCCc4cc(-c5cnn(CC(=O)NCCCCCCNc6ccc7c(c6)C(=O)C(C6CCC(=O)NC6=O)C7=O)c5)c(C(F)F)cc43)cn2C2CCOCC2)C1. The number of hydrogen-bond acceptors (Lipinski definition) is 9. The number of nitrogens with zero attached hydrogens (tertiary/aromatic N) is 4. The third-order valence-electron chi connectivity index (χ3n) is 14.4. The number of piperidine rings is 1. The molecule has 0 saturated carbocycles. The minimum absolute atomic E-state index is 0.0492. The zero-order chi connectivity index (χ0) is 46.8. The van der Waals surface area contributed by atoms with Gasteiger partial charge in [-0.1, -0.05) is 18.9 Å². The fourth-order valence-corrected chi connectivity index (χ4v) is 10.9. The van der Waals surface area contributed by atoms with Crippen molar-refractivity contribution in [1.29, 1.82) is 0 Å². The highest BCUT2D eigenvalue weighted by atomic mass is 19.3. The molecule has 0 radical (unpaired) electrons. The number of hydrogen-bond donors (Lipinski definition) is 4. The number of urea groups is 1. The Hall–Kier alpha value is -6.23. The second kappa shape index (κ2) is 19.9. The van der Waals surface area contributed by atoms with E-state index in [1.165, 1.54) is 10.4 Å². The number of aryl methyl sites for hydroxylation is 1. The van der Waals surface area contributed by atoms with Crippen LogP contribution in [0.2, 0.25) is 0 Å². The molecule has 3 unspecified atom stereocenters. The van der Waals surface area contributed by atoms with Gasteiger partial charge in [0.1, 0.15) is 6.54 Å². The van der Waals surface area contributed by atoms with Crippen LogP contribution in [0.3, 0.4) is 0 Å². The van der Waals surface area contributed by atoms with Crippen LogP contribution in [-0.2, 0) is 45.1 Å². The van der Waals surface area contributed by atoms with Crippen molar-refractivity contribution in [3.63, 3.8) is 0 Å². The van der Waals surface area contributed by atoms with Gasteiger partial charge in [-0.05, 0) is 103 Å². The van der Waals surface area contributed by atoms with E-state index >= 15 is 8.78 Å². The number of ketones is 2. The molecule has 354 valence electrons. The van der Waals surface area contributed by atoms with Crippen LogP contribution >= 0.6 is 0 Å². The molecule has 0 spiro atoms. The number of ether oxygens (including phenoxy) is 1. The zero-order valence-electron chi connectivity index (χ0n) is 37.8. The monoisotopic (exact) mass is 920 g/mol. The summed E-state index contributed by atoms with van der Waals surface area (Å²) in [5.74, 6) is -3.99. The maximum atomic E-state index is 15.0.